The molecule has 1 atom stereocenters. The number of hydrogen-bond acceptors (Lipinski definition) is 3. The van der Waals surface area contributed by atoms with Crippen LogP contribution in [-0.4, -0.2) is 49.7 Å². The zero-order valence-electron chi connectivity index (χ0n) is 10.3. The van der Waals surface area contributed by atoms with Gasteiger partial charge in [0.1, 0.15) is 6.04 Å². The highest BCUT2D eigenvalue weighted by Crippen LogP contribution is 2.28. The van der Waals surface area contributed by atoms with Crippen LogP contribution in [-0.2, 0) is 9.53 Å². The monoisotopic (exact) mass is 226 g/mol. The van der Waals surface area contributed by atoms with Gasteiger partial charge in [-0.1, -0.05) is 13.8 Å². The maximum Gasteiger partial charge on any atom is 0.242 e. The standard InChI is InChI=1S/C12H22N2O2/c1-12(2)4-3-6-14(9-12)11(15)10-8-16-7-5-13-10/h10,13H,3-9H2,1-2H3. The highest BCUT2D eigenvalue weighted by Gasteiger charge is 2.33. The van der Waals surface area contributed by atoms with E-state index in [0.717, 1.165) is 32.7 Å². The van der Waals surface area contributed by atoms with Crippen LogP contribution in [0.2, 0.25) is 0 Å². The van der Waals surface area contributed by atoms with Crippen LogP contribution >= 0.6 is 0 Å². The summed E-state index contributed by atoms with van der Waals surface area (Å²) < 4.78 is 5.34. The Balaban J connectivity index is 1.93. The third-order valence-corrected chi connectivity index (χ3v) is 3.43. The third-order valence-electron chi connectivity index (χ3n) is 3.43. The zero-order valence-corrected chi connectivity index (χ0v) is 10.3. The summed E-state index contributed by atoms with van der Waals surface area (Å²) >= 11 is 0. The quantitative estimate of drug-likeness (QED) is 0.713. The van der Waals surface area contributed by atoms with Gasteiger partial charge >= 0.3 is 0 Å². The summed E-state index contributed by atoms with van der Waals surface area (Å²) in [7, 11) is 0. The lowest BCUT2D eigenvalue weighted by Gasteiger charge is -2.40. The van der Waals surface area contributed by atoms with Crippen molar-refractivity contribution >= 4 is 5.91 Å². The van der Waals surface area contributed by atoms with Crippen LogP contribution in [0.25, 0.3) is 0 Å². The second-order valence-electron chi connectivity index (χ2n) is 5.61. The maximum absolute atomic E-state index is 12.2. The predicted octanol–water partition coefficient (Wildman–Crippen LogP) is 0.623. The molecule has 1 N–H and O–H groups in total. The highest BCUT2D eigenvalue weighted by molar-refractivity contribution is 5.82. The number of likely N-dealkylation sites (tertiary alicyclic amines) is 1. The number of piperidine rings is 1. The first-order chi connectivity index (χ1) is 7.58. The molecule has 1 amide bonds. The summed E-state index contributed by atoms with van der Waals surface area (Å²) in [5.74, 6) is 0.215. The fourth-order valence-corrected chi connectivity index (χ4v) is 2.56. The molecule has 4 nitrogen and oxygen atoms in total. The van der Waals surface area contributed by atoms with Crippen molar-refractivity contribution in [1.29, 1.82) is 0 Å². The van der Waals surface area contributed by atoms with Crippen molar-refractivity contribution in [2.24, 2.45) is 5.41 Å². The Hall–Kier alpha value is -0.610. The molecular weight excluding hydrogens is 204 g/mol. The molecule has 0 radical (unpaired) electrons. The van der Waals surface area contributed by atoms with E-state index in [2.05, 4.69) is 19.2 Å². The number of nitrogens with one attached hydrogen (secondary N) is 1. The molecule has 2 saturated heterocycles. The van der Waals surface area contributed by atoms with Crippen LogP contribution in [0, 0.1) is 5.41 Å². The molecule has 0 spiro atoms. The first-order valence-electron chi connectivity index (χ1n) is 6.18. The fraction of sp³-hybridized carbons (Fsp3) is 0.917. The van der Waals surface area contributed by atoms with Gasteiger partial charge in [-0.15, -0.1) is 0 Å². The summed E-state index contributed by atoms with van der Waals surface area (Å²) in [5.41, 5.74) is 0.267. The molecule has 2 fully saturated rings. The van der Waals surface area contributed by atoms with Gasteiger partial charge in [0.05, 0.1) is 13.2 Å². The number of amides is 1. The Labute approximate surface area is 97.3 Å². The van der Waals surface area contributed by atoms with E-state index in [4.69, 9.17) is 4.74 Å². The SMILES string of the molecule is CC1(C)CCCN(C(=O)C2COCCN2)C1. The number of ether oxygens (including phenoxy) is 1. The van der Waals surface area contributed by atoms with Gasteiger partial charge in [0.2, 0.25) is 5.91 Å². The van der Waals surface area contributed by atoms with E-state index in [0.29, 0.717) is 6.61 Å². The van der Waals surface area contributed by atoms with Gasteiger partial charge in [-0.3, -0.25) is 4.79 Å². The second kappa shape index (κ2) is 4.72. The van der Waals surface area contributed by atoms with Crippen molar-refractivity contribution < 1.29 is 9.53 Å². The zero-order chi connectivity index (χ0) is 11.6. The van der Waals surface area contributed by atoms with Crippen molar-refractivity contribution in [3.8, 4) is 0 Å². The molecule has 4 heteroatoms. The van der Waals surface area contributed by atoms with Crippen LogP contribution in [0.15, 0.2) is 0 Å². The van der Waals surface area contributed by atoms with E-state index >= 15 is 0 Å². The molecule has 0 aromatic carbocycles. The maximum atomic E-state index is 12.2. The van der Waals surface area contributed by atoms with Crippen molar-refractivity contribution in [3.05, 3.63) is 0 Å². The summed E-state index contributed by atoms with van der Waals surface area (Å²) in [6, 6.07) is -0.123. The molecular formula is C12H22N2O2. The first-order valence-corrected chi connectivity index (χ1v) is 6.18. The number of morpholine rings is 1. The molecule has 2 aliphatic rings. The second-order valence-corrected chi connectivity index (χ2v) is 5.61. The minimum Gasteiger partial charge on any atom is -0.378 e. The minimum absolute atomic E-state index is 0.123. The summed E-state index contributed by atoms with van der Waals surface area (Å²) in [6.45, 7) is 8.28. The molecule has 16 heavy (non-hydrogen) atoms. The van der Waals surface area contributed by atoms with E-state index in [1.54, 1.807) is 0 Å². The van der Waals surface area contributed by atoms with Crippen LogP contribution in [0.3, 0.4) is 0 Å². The number of hydrogen-bond donors (Lipinski definition) is 1. The van der Waals surface area contributed by atoms with Gasteiger partial charge in [-0.25, -0.2) is 0 Å². The van der Waals surface area contributed by atoms with Gasteiger partial charge in [-0.2, -0.15) is 0 Å². The average Bonchev–Trinajstić information content (AvgIpc) is 2.28. The van der Waals surface area contributed by atoms with E-state index in [1.165, 1.54) is 6.42 Å². The van der Waals surface area contributed by atoms with Crippen LogP contribution in [0.5, 0.6) is 0 Å². The normalized spacial score (nSPS) is 30.1. The van der Waals surface area contributed by atoms with E-state index in [9.17, 15) is 4.79 Å². The molecule has 0 aromatic rings. The molecule has 2 aliphatic heterocycles. The van der Waals surface area contributed by atoms with Gasteiger partial charge in [0.15, 0.2) is 0 Å². The molecule has 92 valence electrons. The fourth-order valence-electron chi connectivity index (χ4n) is 2.56. The lowest BCUT2D eigenvalue weighted by Crippen LogP contribution is -2.55. The molecule has 2 heterocycles. The Bertz CT molecular complexity index is 260. The Morgan fingerprint density at radius 2 is 2.31 bits per heavy atom. The third kappa shape index (κ3) is 2.74. The lowest BCUT2D eigenvalue weighted by atomic mass is 9.84. The van der Waals surface area contributed by atoms with Gasteiger partial charge in [0, 0.05) is 19.6 Å². The van der Waals surface area contributed by atoms with Crippen LogP contribution < -0.4 is 5.32 Å². The van der Waals surface area contributed by atoms with Gasteiger partial charge in [-0.05, 0) is 18.3 Å². The smallest absolute Gasteiger partial charge is 0.242 e. The van der Waals surface area contributed by atoms with Gasteiger partial charge in [0.25, 0.3) is 0 Å². The largest absolute Gasteiger partial charge is 0.378 e. The van der Waals surface area contributed by atoms with Gasteiger partial charge < -0.3 is 15.0 Å². The van der Waals surface area contributed by atoms with E-state index in [-0.39, 0.29) is 17.4 Å². The predicted molar refractivity (Wildman–Crippen MR) is 62.2 cm³/mol. The van der Waals surface area contributed by atoms with Crippen LogP contribution in [0.1, 0.15) is 26.7 Å². The average molecular weight is 226 g/mol. The Kier molecular flexibility index (Phi) is 3.50. The lowest BCUT2D eigenvalue weighted by molar-refractivity contribution is -0.139. The molecule has 0 saturated carbocycles. The molecule has 2 rings (SSSR count). The topological polar surface area (TPSA) is 41.6 Å². The molecule has 0 bridgehead atoms. The number of nitrogens with zero attached hydrogens (tertiary/aromatic N) is 1. The number of carbonyl (C=O) groups is 1. The van der Waals surface area contributed by atoms with Crippen molar-refractivity contribution in [2.45, 2.75) is 32.7 Å². The van der Waals surface area contributed by atoms with E-state index < -0.39 is 0 Å². The highest BCUT2D eigenvalue weighted by atomic mass is 16.5. The minimum atomic E-state index is -0.123. The summed E-state index contributed by atoms with van der Waals surface area (Å²) in [6.07, 6.45) is 2.33. The van der Waals surface area contributed by atoms with Crippen LogP contribution in [0.4, 0.5) is 0 Å². The number of rotatable bonds is 1. The summed E-state index contributed by atoms with van der Waals surface area (Å²) in [4.78, 5) is 14.2. The Morgan fingerprint density at radius 1 is 1.50 bits per heavy atom. The van der Waals surface area contributed by atoms with Crippen molar-refractivity contribution in [1.82, 2.24) is 10.2 Å². The van der Waals surface area contributed by atoms with Crippen molar-refractivity contribution in [3.63, 3.8) is 0 Å². The summed E-state index contributed by atoms with van der Waals surface area (Å²) in [5, 5.41) is 3.23. The molecule has 0 aromatic heterocycles. The van der Waals surface area contributed by atoms with Crippen molar-refractivity contribution in [2.75, 3.05) is 32.8 Å². The molecule has 0 aliphatic carbocycles. The molecule has 1 unspecified atom stereocenters. The Morgan fingerprint density at radius 3 is 2.94 bits per heavy atom. The first kappa shape index (κ1) is 11.9. The number of carbonyl (C=O) groups excluding carboxylic acids is 1. The van der Waals surface area contributed by atoms with E-state index in [1.807, 2.05) is 4.90 Å².